The highest BCUT2D eigenvalue weighted by atomic mass is 35.5. The maximum Gasteiger partial charge on any atom is 0.242 e. The van der Waals surface area contributed by atoms with Crippen molar-refractivity contribution in [1.82, 2.24) is 10.2 Å². The molecule has 0 aliphatic rings. The topological polar surface area (TPSA) is 58.6 Å². The Kier molecular flexibility index (Phi) is 10.7. The van der Waals surface area contributed by atoms with Crippen LogP contribution in [0, 0.1) is 0 Å². The van der Waals surface area contributed by atoms with E-state index in [1.54, 1.807) is 12.0 Å². The van der Waals surface area contributed by atoms with Gasteiger partial charge in [0.15, 0.2) is 0 Å². The zero-order valence-corrected chi connectivity index (χ0v) is 20.0. The quantitative estimate of drug-likeness (QED) is 0.486. The number of benzene rings is 2. The van der Waals surface area contributed by atoms with Crippen LogP contribution in [0.5, 0.6) is 5.75 Å². The van der Waals surface area contributed by atoms with E-state index in [2.05, 4.69) is 5.32 Å². The van der Waals surface area contributed by atoms with Crippen LogP contribution in [0.2, 0.25) is 5.02 Å². The van der Waals surface area contributed by atoms with Crippen molar-refractivity contribution < 1.29 is 14.3 Å². The minimum Gasteiger partial charge on any atom is -0.497 e. The van der Waals surface area contributed by atoms with Gasteiger partial charge in [-0.05, 0) is 42.2 Å². The summed E-state index contributed by atoms with van der Waals surface area (Å²) in [4.78, 5) is 27.6. The summed E-state index contributed by atoms with van der Waals surface area (Å²) < 4.78 is 5.22. The maximum atomic E-state index is 13.2. The molecule has 0 saturated carbocycles. The third kappa shape index (κ3) is 7.78. The first kappa shape index (κ1) is 25.1. The highest BCUT2D eigenvalue weighted by molar-refractivity contribution is 7.99. The molecule has 1 N–H and O–H groups in total. The van der Waals surface area contributed by atoms with E-state index >= 15 is 0 Å². The second kappa shape index (κ2) is 13.3. The molecule has 0 heterocycles. The van der Waals surface area contributed by atoms with Crippen molar-refractivity contribution in [3.63, 3.8) is 0 Å². The molecule has 0 unspecified atom stereocenters. The Labute approximate surface area is 194 Å². The van der Waals surface area contributed by atoms with Crippen LogP contribution in [0.15, 0.2) is 48.5 Å². The third-order valence-corrected chi connectivity index (χ3v) is 6.22. The Bertz CT molecular complexity index is 845. The van der Waals surface area contributed by atoms with E-state index < -0.39 is 6.04 Å². The Hall–Kier alpha value is -2.18. The van der Waals surface area contributed by atoms with E-state index in [1.807, 2.05) is 62.4 Å². The summed E-state index contributed by atoms with van der Waals surface area (Å²) in [6.45, 7) is 4.91. The predicted molar refractivity (Wildman–Crippen MR) is 129 cm³/mol. The van der Waals surface area contributed by atoms with Gasteiger partial charge in [-0.15, -0.1) is 11.8 Å². The summed E-state index contributed by atoms with van der Waals surface area (Å²) in [7, 11) is 1.62. The second-order valence-electron chi connectivity index (χ2n) is 7.17. The molecule has 0 fully saturated rings. The van der Waals surface area contributed by atoms with E-state index in [-0.39, 0.29) is 17.6 Å². The lowest BCUT2D eigenvalue weighted by atomic mass is 10.1. The predicted octanol–water partition coefficient (Wildman–Crippen LogP) is 4.92. The lowest BCUT2D eigenvalue weighted by Crippen LogP contribution is -2.49. The van der Waals surface area contributed by atoms with Crippen LogP contribution in [0.25, 0.3) is 0 Å². The number of halogens is 1. The van der Waals surface area contributed by atoms with Gasteiger partial charge in [-0.1, -0.05) is 55.8 Å². The molecule has 0 spiro atoms. The van der Waals surface area contributed by atoms with Gasteiger partial charge in [0, 0.05) is 23.9 Å². The lowest BCUT2D eigenvalue weighted by molar-refractivity contribution is -0.139. The van der Waals surface area contributed by atoms with Crippen LogP contribution in [0.4, 0.5) is 0 Å². The van der Waals surface area contributed by atoms with E-state index in [1.165, 1.54) is 11.8 Å². The minimum absolute atomic E-state index is 0.0635. The summed E-state index contributed by atoms with van der Waals surface area (Å²) in [6.07, 6.45) is 1.40. The first-order valence-electron chi connectivity index (χ1n) is 10.5. The van der Waals surface area contributed by atoms with E-state index in [9.17, 15) is 9.59 Å². The molecule has 5 nitrogen and oxygen atoms in total. The number of ether oxygens (including phenoxy) is 1. The Morgan fingerprint density at radius 3 is 2.45 bits per heavy atom. The Morgan fingerprint density at radius 2 is 1.84 bits per heavy atom. The van der Waals surface area contributed by atoms with Crippen molar-refractivity contribution in [1.29, 1.82) is 0 Å². The zero-order valence-electron chi connectivity index (χ0n) is 18.4. The number of hydrogen-bond donors (Lipinski definition) is 1. The molecule has 0 aliphatic carbocycles. The van der Waals surface area contributed by atoms with Gasteiger partial charge >= 0.3 is 0 Å². The SMILES string of the molecule is CCCNC(=O)[C@H](CC)N(Cc1ccc(OC)cc1)C(=O)CSCc1ccccc1Cl. The van der Waals surface area contributed by atoms with Crippen molar-refractivity contribution in [2.75, 3.05) is 19.4 Å². The first-order valence-corrected chi connectivity index (χ1v) is 12.0. The monoisotopic (exact) mass is 462 g/mol. The average Bonchev–Trinajstić information content (AvgIpc) is 2.79. The van der Waals surface area contributed by atoms with Crippen LogP contribution < -0.4 is 10.1 Å². The number of hydrogen-bond acceptors (Lipinski definition) is 4. The van der Waals surface area contributed by atoms with Crippen LogP contribution in [0.3, 0.4) is 0 Å². The van der Waals surface area contributed by atoms with Gasteiger partial charge in [0.25, 0.3) is 0 Å². The molecule has 0 aromatic heterocycles. The second-order valence-corrected chi connectivity index (χ2v) is 8.56. The van der Waals surface area contributed by atoms with Gasteiger partial charge in [0.1, 0.15) is 11.8 Å². The summed E-state index contributed by atoms with van der Waals surface area (Å²) in [5.74, 6) is 1.50. The molecule has 0 saturated heterocycles. The molecule has 2 aromatic carbocycles. The van der Waals surface area contributed by atoms with Gasteiger partial charge in [-0.25, -0.2) is 0 Å². The summed E-state index contributed by atoms with van der Waals surface area (Å²) >= 11 is 7.73. The van der Waals surface area contributed by atoms with Crippen molar-refractivity contribution in [2.24, 2.45) is 0 Å². The van der Waals surface area contributed by atoms with Gasteiger partial charge in [0.05, 0.1) is 12.9 Å². The molecule has 7 heteroatoms. The van der Waals surface area contributed by atoms with Gasteiger partial charge in [0.2, 0.25) is 11.8 Å². The van der Waals surface area contributed by atoms with E-state index in [0.717, 1.165) is 23.3 Å². The van der Waals surface area contributed by atoms with Crippen LogP contribution >= 0.6 is 23.4 Å². The number of carbonyl (C=O) groups excluding carboxylic acids is 2. The van der Waals surface area contributed by atoms with Gasteiger partial charge in [-0.2, -0.15) is 0 Å². The zero-order chi connectivity index (χ0) is 22.6. The molecular formula is C24H31ClN2O3S. The van der Waals surface area contributed by atoms with Gasteiger partial charge in [-0.3, -0.25) is 9.59 Å². The third-order valence-electron chi connectivity index (χ3n) is 4.89. The molecule has 0 bridgehead atoms. The van der Waals surface area contributed by atoms with E-state index in [0.29, 0.717) is 30.3 Å². The molecule has 1 atom stereocenters. The van der Waals surface area contributed by atoms with Crippen molar-refractivity contribution in [2.45, 2.75) is 45.0 Å². The van der Waals surface area contributed by atoms with Crippen molar-refractivity contribution >= 4 is 35.2 Å². The van der Waals surface area contributed by atoms with Crippen LogP contribution in [-0.4, -0.2) is 42.2 Å². The molecule has 2 aromatic rings. The largest absolute Gasteiger partial charge is 0.497 e. The fourth-order valence-electron chi connectivity index (χ4n) is 3.16. The smallest absolute Gasteiger partial charge is 0.242 e. The number of rotatable bonds is 12. The normalized spacial score (nSPS) is 11.6. The highest BCUT2D eigenvalue weighted by Crippen LogP contribution is 2.22. The van der Waals surface area contributed by atoms with E-state index in [4.69, 9.17) is 16.3 Å². The standard InChI is InChI=1S/C24H31ClN2O3S/c1-4-14-26-24(29)22(5-2)27(15-18-10-12-20(30-3)13-11-18)23(28)17-31-16-19-8-6-7-9-21(19)25/h6-13,22H,4-5,14-17H2,1-3H3,(H,26,29)/t22-/m0/s1. The minimum atomic E-state index is -0.512. The Morgan fingerprint density at radius 1 is 1.13 bits per heavy atom. The fraction of sp³-hybridized carbons (Fsp3) is 0.417. The van der Waals surface area contributed by atoms with Crippen molar-refractivity contribution in [3.05, 3.63) is 64.7 Å². The molecule has 31 heavy (non-hydrogen) atoms. The fourth-order valence-corrected chi connectivity index (χ4v) is 4.36. The van der Waals surface area contributed by atoms with Crippen molar-refractivity contribution in [3.8, 4) is 5.75 Å². The van der Waals surface area contributed by atoms with Crippen LogP contribution in [0.1, 0.15) is 37.8 Å². The summed E-state index contributed by atoms with van der Waals surface area (Å²) in [6, 6.07) is 14.7. The molecule has 2 amide bonds. The summed E-state index contributed by atoms with van der Waals surface area (Å²) in [5.41, 5.74) is 1.95. The Balaban J connectivity index is 2.12. The van der Waals surface area contributed by atoms with Gasteiger partial charge < -0.3 is 15.0 Å². The summed E-state index contributed by atoms with van der Waals surface area (Å²) in [5, 5.41) is 3.63. The molecular weight excluding hydrogens is 432 g/mol. The molecule has 168 valence electrons. The lowest BCUT2D eigenvalue weighted by Gasteiger charge is -2.30. The average molecular weight is 463 g/mol. The number of nitrogens with one attached hydrogen (secondary N) is 1. The number of thioether (sulfide) groups is 1. The number of amides is 2. The number of carbonyl (C=O) groups is 2. The highest BCUT2D eigenvalue weighted by Gasteiger charge is 2.28. The number of methoxy groups -OCH3 is 1. The molecule has 0 aliphatic heterocycles. The van der Waals surface area contributed by atoms with Crippen LogP contribution in [-0.2, 0) is 21.9 Å². The first-order chi connectivity index (χ1) is 15.0. The number of nitrogens with zero attached hydrogens (tertiary/aromatic N) is 1. The molecule has 2 rings (SSSR count). The molecule has 0 radical (unpaired) electrons. The maximum absolute atomic E-state index is 13.2.